The Hall–Kier alpha value is -7.10. The zero-order valence-corrected chi connectivity index (χ0v) is 33.6. The number of anilines is 5. The van der Waals surface area contributed by atoms with Gasteiger partial charge in [0.05, 0.1) is 5.69 Å². The van der Waals surface area contributed by atoms with Crippen LogP contribution in [0.1, 0.15) is 30.5 Å². The fourth-order valence-corrected chi connectivity index (χ4v) is 9.86. The smallest absolute Gasteiger partial charge is 0.198 e. The summed E-state index contributed by atoms with van der Waals surface area (Å²) in [6.07, 6.45) is 0. The molecule has 9 aromatic rings. The molecule has 0 radical (unpaired) electrons. The molecule has 0 spiro atoms. The van der Waals surface area contributed by atoms with E-state index < -0.39 is 0 Å². The molecule has 1 N–H and O–H groups in total. The molecule has 2 aliphatic rings. The van der Waals surface area contributed by atoms with E-state index in [0.29, 0.717) is 0 Å². The van der Waals surface area contributed by atoms with Gasteiger partial charge in [-0.25, -0.2) is 0 Å². The largest absolute Gasteiger partial charge is 0.355 e. The van der Waals surface area contributed by atoms with Crippen LogP contribution < -0.4 is 21.1 Å². The third kappa shape index (κ3) is 5.80. The third-order valence-electron chi connectivity index (χ3n) is 12.8. The second-order valence-electron chi connectivity index (χ2n) is 16.7. The van der Waals surface area contributed by atoms with Gasteiger partial charge in [-0.3, -0.25) is 0 Å². The van der Waals surface area contributed by atoms with Crippen molar-refractivity contribution < 1.29 is 0 Å². The molecule has 59 heavy (non-hydrogen) atoms. The highest BCUT2D eigenvalue weighted by molar-refractivity contribution is 6.73. The molecule has 0 bridgehead atoms. The van der Waals surface area contributed by atoms with E-state index in [2.05, 4.69) is 225 Å². The van der Waals surface area contributed by atoms with Gasteiger partial charge in [0.2, 0.25) is 0 Å². The normalized spacial score (nSPS) is 13.2. The number of nitrogens with zero attached hydrogens (tertiary/aromatic N) is 1. The highest BCUT2D eigenvalue weighted by Crippen LogP contribution is 2.55. The molecule has 0 aliphatic carbocycles. The molecular formula is C56H43BN2. The van der Waals surface area contributed by atoms with Gasteiger partial charge in [-0.2, -0.15) is 0 Å². The Morgan fingerprint density at radius 1 is 0.492 bits per heavy atom. The van der Waals surface area contributed by atoms with Crippen molar-refractivity contribution in [2.45, 2.75) is 26.2 Å². The minimum Gasteiger partial charge on any atom is -0.355 e. The molecule has 0 unspecified atom stereocenters. The second kappa shape index (κ2) is 13.8. The van der Waals surface area contributed by atoms with E-state index in [4.69, 9.17) is 0 Å². The van der Waals surface area contributed by atoms with Gasteiger partial charge in [0.15, 0.2) is 7.28 Å². The van der Waals surface area contributed by atoms with Crippen molar-refractivity contribution in [1.82, 2.24) is 0 Å². The highest BCUT2D eigenvalue weighted by Gasteiger charge is 2.42. The molecule has 0 atom stereocenters. The van der Waals surface area contributed by atoms with Crippen LogP contribution >= 0.6 is 0 Å². The molecule has 2 heterocycles. The average molecular weight is 755 g/mol. The first-order chi connectivity index (χ1) is 28.9. The Kier molecular flexibility index (Phi) is 8.20. The molecule has 2 nitrogen and oxygen atoms in total. The molecule has 0 saturated carbocycles. The molecule has 2 aliphatic heterocycles. The van der Waals surface area contributed by atoms with Crippen LogP contribution in [0.25, 0.3) is 55.3 Å². The molecule has 0 amide bonds. The van der Waals surface area contributed by atoms with Crippen molar-refractivity contribution in [3.05, 3.63) is 211 Å². The summed E-state index contributed by atoms with van der Waals surface area (Å²) in [6, 6.07) is 71.4. The van der Waals surface area contributed by atoms with Crippen molar-refractivity contribution in [3.63, 3.8) is 0 Å². The van der Waals surface area contributed by atoms with Gasteiger partial charge in [-0.1, -0.05) is 177 Å². The summed E-state index contributed by atoms with van der Waals surface area (Å²) in [7, 11) is 0.836. The maximum Gasteiger partial charge on any atom is 0.198 e. The first kappa shape index (κ1) is 35.1. The molecule has 0 aromatic heterocycles. The van der Waals surface area contributed by atoms with Gasteiger partial charge in [-0.15, -0.1) is 0 Å². The number of rotatable bonds is 6. The highest BCUT2D eigenvalue weighted by atomic mass is 15.2. The maximum atomic E-state index is 3.93. The third-order valence-corrected chi connectivity index (χ3v) is 12.8. The summed E-state index contributed by atoms with van der Waals surface area (Å²) in [5.41, 5.74) is 22.2. The molecule has 11 rings (SSSR count). The van der Waals surface area contributed by atoms with Crippen molar-refractivity contribution in [1.29, 1.82) is 0 Å². The Labute approximate surface area is 347 Å². The zero-order valence-electron chi connectivity index (χ0n) is 33.6. The van der Waals surface area contributed by atoms with E-state index in [0.717, 1.165) is 18.7 Å². The minimum absolute atomic E-state index is 0.188. The van der Waals surface area contributed by atoms with Gasteiger partial charge >= 0.3 is 0 Å². The number of hydrogen-bond donors (Lipinski definition) is 1. The topological polar surface area (TPSA) is 15.3 Å². The summed E-state index contributed by atoms with van der Waals surface area (Å²) in [4.78, 5) is 2.61. The van der Waals surface area contributed by atoms with E-state index in [9.17, 15) is 0 Å². The first-order valence-electron chi connectivity index (χ1n) is 20.7. The van der Waals surface area contributed by atoms with E-state index in [-0.39, 0.29) is 5.41 Å². The lowest BCUT2D eigenvalue weighted by atomic mass is 9.55. The number of fused-ring (bicyclic) bond motifs is 6. The van der Waals surface area contributed by atoms with E-state index in [1.807, 2.05) is 0 Å². The van der Waals surface area contributed by atoms with E-state index in [1.54, 1.807) is 0 Å². The van der Waals surface area contributed by atoms with E-state index >= 15 is 0 Å². The lowest BCUT2D eigenvalue weighted by Crippen LogP contribution is -2.45. The molecular weight excluding hydrogens is 711 g/mol. The standard InChI is InChI=1S/C56H43BN2/c1-36-15-10-12-21-44(36)42-33-47(46-31-27-41(38-18-8-5-9-19-38)34-50(46)58-43-29-25-39(26-30-43)37-16-6-4-7-17-37)54-52(35-42)59-51-32-28-40-20-11-13-22-45(40)53(51)56(2,3)48-23-14-24-49(57-54)55(48)59/h4-35,57-58H,1-3H3. The zero-order chi connectivity index (χ0) is 39.7. The number of para-hydroxylation sites is 1. The summed E-state index contributed by atoms with van der Waals surface area (Å²) >= 11 is 0. The van der Waals surface area contributed by atoms with Crippen LogP contribution in [0.5, 0.6) is 0 Å². The lowest BCUT2D eigenvalue weighted by molar-refractivity contribution is 0.639. The quantitative estimate of drug-likeness (QED) is 0.170. The summed E-state index contributed by atoms with van der Waals surface area (Å²) in [6.45, 7) is 7.05. The van der Waals surface area contributed by atoms with Crippen molar-refractivity contribution in [2.24, 2.45) is 0 Å². The number of aryl methyl sites for hydroxylation is 1. The van der Waals surface area contributed by atoms with Crippen LogP contribution in [-0.4, -0.2) is 7.28 Å². The Morgan fingerprint density at radius 2 is 1.17 bits per heavy atom. The minimum atomic E-state index is -0.188. The number of benzene rings is 9. The summed E-state index contributed by atoms with van der Waals surface area (Å²) < 4.78 is 0. The molecule has 0 fully saturated rings. The van der Waals surface area contributed by atoms with Crippen LogP contribution in [0.15, 0.2) is 194 Å². The van der Waals surface area contributed by atoms with Crippen molar-refractivity contribution in [3.8, 4) is 44.5 Å². The fourth-order valence-electron chi connectivity index (χ4n) is 9.86. The molecule has 280 valence electrons. The number of hydrogen-bond acceptors (Lipinski definition) is 2. The second-order valence-corrected chi connectivity index (χ2v) is 16.7. The molecule has 9 aromatic carbocycles. The van der Waals surface area contributed by atoms with Gasteiger partial charge in [0, 0.05) is 33.7 Å². The Morgan fingerprint density at radius 3 is 1.95 bits per heavy atom. The Balaban J connectivity index is 1.16. The van der Waals surface area contributed by atoms with Crippen LogP contribution in [0.4, 0.5) is 28.4 Å². The maximum absolute atomic E-state index is 3.93. The fraction of sp³-hybridized carbons (Fsp3) is 0.0714. The van der Waals surface area contributed by atoms with Crippen LogP contribution in [0, 0.1) is 6.92 Å². The summed E-state index contributed by atoms with van der Waals surface area (Å²) in [5.74, 6) is 0. The number of nitrogens with one attached hydrogen (secondary N) is 1. The van der Waals surface area contributed by atoms with Gasteiger partial charge < -0.3 is 10.2 Å². The monoisotopic (exact) mass is 754 g/mol. The van der Waals surface area contributed by atoms with Crippen molar-refractivity contribution >= 4 is 57.4 Å². The SMILES string of the molecule is Cc1ccccc1-c1cc(-c2ccc(-c3ccccc3)cc2Nc2ccc(-c3ccccc3)cc2)c2c(c1)N1c3ccc4ccccc4c3C(C)(C)c3cccc(c31)B2. The van der Waals surface area contributed by atoms with E-state index in [1.165, 1.54) is 100.0 Å². The van der Waals surface area contributed by atoms with Crippen molar-refractivity contribution in [2.75, 3.05) is 10.2 Å². The van der Waals surface area contributed by atoms with Crippen LogP contribution in [0.2, 0.25) is 0 Å². The summed E-state index contributed by atoms with van der Waals surface area (Å²) in [5, 5.41) is 6.52. The van der Waals surface area contributed by atoms with Gasteiger partial charge in [0.1, 0.15) is 0 Å². The molecule has 3 heteroatoms. The lowest BCUT2D eigenvalue weighted by Gasteiger charge is -2.46. The molecule has 0 saturated heterocycles. The average Bonchev–Trinajstić information content (AvgIpc) is 3.28. The Bertz CT molecular complexity index is 3080. The van der Waals surface area contributed by atoms with Gasteiger partial charge in [0.25, 0.3) is 0 Å². The predicted octanol–water partition coefficient (Wildman–Crippen LogP) is 13.4. The van der Waals surface area contributed by atoms with Crippen LogP contribution in [-0.2, 0) is 5.41 Å². The van der Waals surface area contributed by atoms with Gasteiger partial charge in [-0.05, 0) is 115 Å². The first-order valence-corrected chi connectivity index (χ1v) is 20.7. The van der Waals surface area contributed by atoms with Crippen LogP contribution in [0.3, 0.4) is 0 Å². The predicted molar refractivity (Wildman–Crippen MR) is 253 cm³/mol.